The summed E-state index contributed by atoms with van der Waals surface area (Å²) in [4.78, 5) is 23.0. The zero-order chi connectivity index (χ0) is 51.3. The molecule has 0 aliphatic carbocycles. The molecule has 0 aromatic heterocycles. The molecule has 8 heteroatoms. The number of carbonyl (C=O) groups is 1. The minimum atomic E-state index is -0.136. The average Bonchev–Trinajstić information content (AvgIpc) is 4.10. The molecule has 2 N–H and O–H groups in total. The van der Waals surface area contributed by atoms with Gasteiger partial charge in [-0.15, -0.1) is 0 Å². The molecular weight excluding hydrogens is 840 g/mol. The van der Waals surface area contributed by atoms with Gasteiger partial charge in [0.1, 0.15) is 5.82 Å². The van der Waals surface area contributed by atoms with Gasteiger partial charge in [0, 0.05) is 45.1 Å². The number of hydrogen-bond donors (Lipinski definition) is 1. The van der Waals surface area contributed by atoms with Crippen LogP contribution in [0.2, 0.25) is 0 Å². The second kappa shape index (κ2) is 35.7. The molecule has 3 unspecified atom stereocenters. The monoisotopic (exact) mass is 955 g/mol. The van der Waals surface area contributed by atoms with Crippen molar-refractivity contribution >= 4 is 5.91 Å². The third kappa shape index (κ3) is 26.2. The second-order valence-corrected chi connectivity index (χ2v) is 22.6. The Morgan fingerprint density at radius 1 is 0.618 bits per heavy atom. The van der Waals surface area contributed by atoms with Crippen LogP contribution in [-0.4, -0.2) is 127 Å². The molecule has 0 bridgehead atoms. The number of likely N-dealkylation sites (tertiary alicyclic amines) is 5. The number of piperidine rings is 2. The molecule has 2 aromatic rings. The highest BCUT2D eigenvalue weighted by atomic mass is 19.1. The van der Waals surface area contributed by atoms with Crippen molar-refractivity contribution < 1.29 is 10.6 Å². The highest BCUT2D eigenvalue weighted by Crippen LogP contribution is 2.29. The van der Waals surface area contributed by atoms with E-state index in [-0.39, 0.29) is 7.24 Å². The molecule has 0 spiro atoms. The maximum absolute atomic E-state index is 12.8. The van der Waals surface area contributed by atoms with Gasteiger partial charge in [-0.25, -0.2) is 4.39 Å². The van der Waals surface area contributed by atoms with E-state index in [9.17, 15) is 9.18 Å². The van der Waals surface area contributed by atoms with E-state index in [4.69, 9.17) is 5.73 Å². The van der Waals surface area contributed by atoms with Gasteiger partial charge in [-0.05, 0) is 197 Å². The lowest BCUT2D eigenvalue weighted by molar-refractivity contribution is -0.129. The van der Waals surface area contributed by atoms with Crippen LogP contribution in [0.1, 0.15) is 199 Å². The molecule has 5 heterocycles. The molecule has 3 atom stereocenters. The maximum atomic E-state index is 12.8. The van der Waals surface area contributed by atoms with Gasteiger partial charge in [0.25, 0.3) is 0 Å². The van der Waals surface area contributed by atoms with Crippen molar-refractivity contribution in [3.05, 3.63) is 71.5 Å². The molecule has 5 aliphatic rings. The van der Waals surface area contributed by atoms with Gasteiger partial charge < -0.3 is 30.2 Å². The largest absolute Gasteiger partial charge is 0.340 e. The van der Waals surface area contributed by atoms with Crippen LogP contribution in [0.4, 0.5) is 4.39 Å². The van der Waals surface area contributed by atoms with E-state index in [2.05, 4.69) is 148 Å². The highest BCUT2D eigenvalue weighted by molar-refractivity contribution is 5.78. The normalized spacial score (nSPS) is 21.6. The van der Waals surface area contributed by atoms with Crippen LogP contribution in [0.3, 0.4) is 0 Å². The summed E-state index contributed by atoms with van der Waals surface area (Å²) in [6, 6.07) is 20.7. The zero-order valence-electron chi connectivity index (χ0n) is 47.6. The summed E-state index contributed by atoms with van der Waals surface area (Å²) in [5, 5.41) is 0. The fourth-order valence-electron chi connectivity index (χ4n) is 10.2. The van der Waals surface area contributed by atoms with E-state index < -0.39 is 0 Å². The van der Waals surface area contributed by atoms with E-state index in [0.717, 1.165) is 55.1 Å². The van der Waals surface area contributed by atoms with E-state index in [1.165, 1.54) is 115 Å². The lowest BCUT2D eigenvalue weighted by atomic mass is 9.89. The summed E-state index contributed by atoms with van der Waals surface area (Å²) in [5.74, 6) is 5.01. The Labute approximate surface area is 423 Å². The quantitative estimate of drug-likeness (QED) is 0.270. The second-order valence-electron chi connectivity index (χ2n) is 22.6. The van der Waals surface area contributed by atoms with Gasteiger partial charge in [0.05, 0.1) is 0 Å². The molecule has 7 nitrogen and oxygen atoms in total. The molecule has 5 fully saturated rings. The van der Waals surface area contributed by atoms with Crippen molar-refractivity contribution in [2.24, 2.45) is 29.4 Å². The lowest BCUT2D eigenvalue weighted by Gasteiger charge is -2.35. The lowest BCUT2D eigenvalue weighted by Crippen LogP contribution is -2.39. The van der Waals surface area contributed by atoms with Gasteiger partial charge in [-0.3, -0.25) is 4.79 Å². The average molecular weight is 956 g/mol. The third-order valence-electron chi connectivity index (χ3n) is 14.7. The molecule has 1 amide bonds. The fourth-order valence-corrected chi connectivity index (χ4v) is 10.2. The number of carbonyl (C=O) groups excluding carboxylic acids is 1. The Hall–Kier alpha value is -2.36. The number of rotatable bonds is 9. The summed E-state index contributed by atoms with van der Waals surface area (Å²) >= 11 is 0. The van der Waals surface area contributed by atoms with Gasteiger partial charge in [-0.1, -0.05) is 132 Å². The van der Waals surface area contributed by atoms with Crippen LogP contribution in [0, 0.1) is 29.5 Å². The zero-order valence-corrected chi connectivity index (χ0v) is 47.6. The van der Waals surface area contributed by atoms with Crippen molar-refractivity contribution in [2.75, 3.05) is 66.0 Å². The first-order valence-electron chi connectivity index (χ1n) is 27.9. The predicted octanol–water partition coefficient (Wildman–Crippen LogP) is 14.1. The minimum Gasteiger partial charge on any atom is -0.340 e. The Morgan fingerprint density at radius 2 is 1.19 bits per heavy atom. The molecule has 0 saturated carbocycles. The van der Waals surface area contributed by atoms with Crippen molar-refractivity contribution in [1.29, 1.82) is 0 Å². The van der Waals surface area contributed by atoms with Crippen LogP contribution in [0.5, 0.6) is 0 Å². The first-order valence-corrected chi connectivity index (χ1v) is 27.9. The Balaban J connectivity index is 0.000000799. The van der Waals surface area contributed by atoms with Crippen LogP contribution < -0.4 is 5.73 Å². The van der Waals surface area contributed by atoms with E-state index in [0.29, 0.717) is 35.9 Å². The van der Waals surface area contributed by atoms with Gasteiger partial charge in [-0.2, -0.15) is 0 Å². The Bertz CT molecular complexity index is 1500. The smallest absolute Gasteiger partial charge is 0.222 e. The van der Waals surface area contributed by atoms with Gasteiger partial charge >= 0.3 is 0 Å². The van der Waals surface area contributed by atoms with Crippen molar-refractivity contribution in [3.63, 3.8) is 0 Å². The summed E-state index contributed by atoms with van der Waals surface area (Å²) in [6.07, 6.45) is 12.7. The Kier molecular flexibility index (Phi) is 33.4. The van der Waals surface area contributed by atoms with Crippen LogP contribution in [0.15, 0.2) is 54.6 Å². The fraction of sp³-hybridized carbons (Fsp3) is 0.783. The molecule has 2 aromatic carbocycles. The topological polar surface area (TPSA) is 59.3 Å². The number of nitrogens with two attached hydrogens (primary N) is 1. The van der Waals surface area contributed by atoms with Crippen LogP contribution >= 0.6 is 0 Å². The number of benzene rings is 2. The SMILES string of the molecule is CC(C)C1CCCCN1C.CC(C)N.CC(C)N1CCC(c2ccc(F)cc2)CC1.CC(C)N1CCCC1=O.CC(C)c1ccccc1.CCN1CCC(C(C)C)C1.CCN1CCCC1C(C)C.[3HH]. The molecule has 68 heavy (non-hydrogen) atoms. The van der Waals surface area contributed by atoms with E-state index >= 15 is 0 Å². The summed E-state index contributed by atoms with van der Waals surface area (Å²) in [5.41, 5.74) is 7.82. The van der Waals surface area contributed by atoms with Gasteiger partial charge in [0.2, 0.25) is 5.91 Å². The molecule has 5 saturated heterocycles. The standard InChI is InChI=1S/C14H20FN.3C9H19N.C9H12.C7H13NO.C3H9N.H2/c1-11(2)16-9-7-13(8-10-16)12-3-5-14(15)6-4-12;1-8(2)9-6-4-5-7-10(9)3;1-4-10-6-5-9(7-10)8(2)3;1-4-10-7-5-6-9(10)8(2)3;1-8(2)9-6-4-3-5-7-9;1-6(2)8-5-3-4-7(8)9;1-3(2)4;/h3-6,11,13H,7-10H2,1-2H3;3*8-9H,4-7H2,1-3H3;3-8H,1-2H3;6H,3-5H2,1-2H3;3H,4H2,1-2H3;1H/i;;;;;;;1+2. The molecule has 396 valence electrons. The first-order chi connectivity index (χ1) is 32.1. The van der Waals surface area contributed by atoms with Crippen LogP contribution in [-0.2, 0) is 4.79 Å². The number of amides is 1. The number of halogens is 1. The highest BCUT2D eigenvalue weighted by Gasteiger charge is 2.26. The maximum Gasteiger partial charge on any atom is 0.222 e. The van der Waals surface area contributed by atoms with Gasteiger partial charge in [0.15, 0.2) is 0 Å². The Morgan fingerprint density at radius 3 is 1.54 bits per heavy atom. The molecule has 0 radical (unpaired) electrons. The van der Waals surface area contributed by atoms with Crippen LogP contribution in [0.25, 0.3) is 0 Å². The number of nitrogens with zero attached hydrogens (tertiary/aromatic N) is 5. The first kappa shape index (κ1) is 63.7. The third-order valence-corrected chi connectivity index (χ3v) is 14.7. The summed E-state index contributed by atoms with van der Waals surface area (Å²) in [6.45, 7) is 46.5. The van der Waals surface area contributed by atoms with E-state index in [1.54, 1.807) is 12.1 Å². The van der Waals surface area contributed by atoms with Crippen molar-refractivity contribution in [2.45, 2.75) is 217 Å². The summed E-state index contributed by atoms with van der Waals surface area (Å²) in [7, 11) is 2.25. The minimum absolute atomic E-state index is 0. The van der Waals surface area contributed by atoms with E-state index in [1.807, 2.05) is 36.9 Å². The predicted molar refractivity (Wildman–Crippen MR) is 298 cm³/mol. The number of hydrogen-bond acceptors (Lipinski definition) is 6. The summed E-state index contributed by atoms with van der Waals surface area (Å²) < 4.78 is 12.8. The van der Waals surface area contributed by atoms with Crippen molar-refractivity contribution in [3.8, 4) is 0 Å². The molecule has 5 aliphatic heterocycles. The molecule has 7 rings (SSSR count). The molecular formula is C60H113FN6O. The van der Waals surface area contributed by atoms with Crippen molar-refractivity contribution in [1.82, 2.24) is 24.5 Å².